The van der Waals surface area contributed by atoms with Crippen molar-refractivity contribution in [2.75, 3.05) is 14.2 Å². The van der Waals surface area contributed by atoms with Crippen molar-refractivity contribution < 1.29 is 14.3 Å². The van der Waals surface area contributed by atoms with Crippen LogP contribution in [0.4, 0.5) is 0 Å². The molecule has 2 aromatic rings. The third kappa shape index (κ3) is 1.68. The highest BCUT2D eigenvalue weighted by atomic mass is 16.5. The number of ether oxygens (including phenoxy) is 2. The van der Waals surface area contributed by atoms with E-state index >= 15 is 0 Å². The molecule has 25 heavy (non-hydrogen) atoms. The van der Waals surface area contributed by atoms with Gasteiger partial charge >= 0.3 is 0 Å². The van der Waals surface area contributed by atoms with Crippen molar-refractivity contribution in [1.82, 2.24) is 0 Å². The summed E-state index contributed by atoms with van der Waals surface area (Å²) in [6.07, 6.45) is 0. The van der Waals surface area contributed by atoms with E-state index in [4.69, 9.17) is 9.47 Å². The summed E-state index contributed by atoms with van der Waals surface area (Å²) in [6.45, 7) is 7.90. The fraction of sp³-hybridized carbons (Fsp3) is 0.318. The first-order valence-corrected chi connectivity index (χ1v) is 8.50. The average Bonchev–Trinajstić information content (AvgIpc) is 3.09. The molecule has 0 fully saturated rings. The Bertz CT molecular complexity index is 835. The summed E-state index contributed by atoms with van der Waals surface area (Å²) in [4.78, 5) is 13.1. The summed E-state index contributed by atoms with van der Waals surface area (Å²) < 4.78 is 11.4. The largest absolute Gasteiger partial charge is 0.496 e. The SMILES string of the molecule is C=C(C)C1(C(C)=O)[C@@H]2c3ccccc3[C@@H]1c1c(OC)ccc(OC)c12. The van der Waals surface area contributed by atoms with E-state index in [9.17, 15) is 4.79 Å². The number of rotatable bonds is 4. The molecule has 128 valence electrons. The lowest BCUT2D eigenvalue weighted by molar-refractivity contribution is -0.125. The van der Waals surface area contributed by atoms with Gasteiger partial charge in [-0.25, -0.2) is 0 Å². The van der Waals surface area contributed by atoms with Gasteiger partial charge in [0, 0.05) is 23.0 Å². The Morgan fingerprint density at radius 2 is 1.36 bits per heavy atom. The van der Waals surface area contributed by atoms with Crippen molar-refractivity contribution in [2.24, 2.45) is 5.41 Å². The van der Waals surface area contributed by atoms with E-state index in [2.05, 4.69) is 18.7 Å². The zero-order chi connectivity index (χ0) is 17.9. The number of Topliss-reactive ketones (excluding diaryl/α,β-unsaturated/α-hetero) is 1. The van der Waals surface area contributed by atoms with E-state index in [1.165, 1.54) is 11.1 Å². The normalized spacial score (nSPS) is 25.3. The number of allylic oxidation sites excluding steroid dienone is 1. The second-order valence-corrected chi connectivity index (χ2v) is 7.00. The number of carbonyl (C=O) groups excluding carboxylic acids is 1. The fourth-order valence-electron chi connectivity index (χ4n) is 5.21. The zero-order valence-corrected chi connectivity index (χ0v) is 15.1. The highest BCUT2D eigenvalue weighted by Crippen LogP contribution is 2.72. The first-order valence-electron chi connectivity index (χ1n) is 8.50. The van der Waals surface area contributed by atoms with Gasteiger partial charge in [-0.3, -0.25) is 4.79 Å². The average molecular weight is 334 g/mol. The molecule has 0 saturated carbocycles. The molecule has 0 unspecified atom stereocenters. The molecular formula is C22H22O3. The molecule has 2 aromatic carbocycles. The minimum atomic E-state index is -0.673. The van der Waals surface area contributed by atoms with Crippen molar-refractivity contribution in [3.63, 3.8) is 0 Å². The second kappa shape index (κ2) is 5.22. The molecule has 0 N–H and O–H groups in total. The van der Waals surface area contributed by atoms with E-state index in [-0.39, 0.29) is 17.6 Å². The summed E-state index contributed by atoms with van der Waals surface area (Å²) >= 11 is 0. The topological polar surface area (TPSA) is 35.5 Å². The first-order chi connectivity index (χ1) is 12.0. The van der Waals surface area contributed by atoms with Crippen LogP contribution in [-0.2, 0) is 4.79 Å². The predicted molar refractivity (Wildman–Crippen MR) is 97.6 cm³/mol. The van der Waals surface area contributed by atoms with E-state index in [1.807, 2.05) is 31.2 Å². The number of ketones is 1. The van der Waals surface area contributed by atoms with Gasteiger partial charge in [0.15, 0.2) is 0 Å². The van der Waals surface area contributed by atoms with Crippen LogP contribution in [0.3, 0.4) is 0 Å². The Labute approximate surface area is 148 Å². The van der Waals surface area contributed by atoms with E-state index < -0.39 is 5.41 Å². The summed E-state index contributed by atoms with van der Waals surface area (Å²) in [7, 11) is 3.35. The van der Waals surface area contributed by atoms with Crippen LogP contribution in [-0.4, -0.2) is 20.0 Å². The lowest BCUT2D eigenvalue weighted by atomic mass is 9.67. The highest BCUT2D eigenvalue weighted by Gasteiger charge is 2.64. The van der Waals surface area contributed by atoms with E-state index in [1.54, 1.807) is 21.1 Å². The lowest BCUT2D eigenvalue weighted by Crippen LogP contribution is -2.34. The van der Waals surface area contributed by atoms with Crippen LogP contribution in [0.5, 0.6) is 11.5 Å². The molecule has 2 aliphatic rings. The third-order valence-electron chi connectivity index (χ3n) is 6.04. The van der Waals surface area contributed by atoms with Gasteiger partial charge in [-0.15, -0.1) is 0 Å². The van der Waals surface area contributed by atoms with Gasteiger partial charge in [0.25, 0.3) is 0 Å². The van der Waals surface area contributed by atoms with Crippen LogP contribution in [0.15, 0.2) is 48.6 Å². The quantitative estimate of drug-likeness (QED) is 0.775. The molecule has 3 heteroatoms. The fourth-order valence-corrected chi connectivity index (χ4v) is 5.21. The maximum absolute atomic E-state index is 13.1. The van der Waals surface area contributed by atoms with E-state index in [0.717, 1.165) is 28.2 Å². The van der Waals surface area contributed by atoms with Crippen LogP contribution in [0, 0.1) is 5.41 Å². The number of hydrogen-bond donors (Lipinski definition) is 0. The second-order valence-electron chi connectivity index (χ2n) is 7.00. The van der Waals surface area contributed by atoms with Gasteiger partial charge in [0.1, 0.15) is 17.3 Å². The summed E-state index contributed by atoms with van der Waals surface area (Å²) in [5.74, 6) is 1.60. The third-order valence-corrected chi connectivity index (χ3v) is 6.04. The monoisotopic (exact) mass is 334 g/mol. The minimum Gasteiger partial charge on any atom is -0.496 e. The standard InChI is InChI=1S/C22H22O3/c1-12(2)22(13(3)23)20-14-8-6-7-9-15(14)21(22)19-17(25-5)11-10-16(24-4)18(19)20/h6-11,20-21H,1H2,2-5H3/t20-,21-/m1/s1. The maximum Gasteiger partial charge on any atom is 0.141 e. The van der Waals surface area contributed by atoms with Gasteiger partial charge in [-0.1, -0.05) is 36.4 Å². The highest BCUT2D eigenvalue weighted by molar-refractivity contribution is 5.94. The van der Waals surface area contributed by atoms with Crippen LogP contribution < -0.4 is 9.47 Å². The van der Waals surface area contributed by atoms with Crippen molar-refractivity contribution in [2.45, 2.75) is 25.7 Å². The Morgan fingerprint density at radius 3 is 1.68 bits per heavy atom. The number of benzene rings is 2. The lowest BCUT2D eigenvalue weighted by Gasteiger charge is -2.33. The number of methoxy groups -OCH3 is 2. The van der Waals surface area contributed by atoms with E-state index in [0.29, 0.717) is 0 Å². The molecule has 0 spiro atoms. The molecule has 0 radical (unpaired) electrons. The van der Waals surface area contributed by atoms with Crippen LogP contribution in [0.2, 0.25) is 0 Å². The molecule has 0 heterocycles. The molecule has 2 bridgehead atoms. The molecule has 0 saturated heterocycles. The Morgan fingerprint density at radius 1 is 0.920 bits per heavy atom. The zero-order valence-electron chi connectivity index (χ0n) is 15.1. The Kier molecular flexibility index (Phi) is 3.33. The van der Waals surface area contributed by atoms with Gasteiger partial charge in [0.05, 0.1) is 19.6 Å². The number of hydrogen-bond acceptors (Lipinski definition) is 3. The molecule has 3 nitrogen and oxygen atoms in total. The minimum absolute atomic E-state index is 0.0799. The number of fused-ring (bicyclic) bond motifs is 8. The molecule has 4 rings (SSSR count). The molecular weight excluding hydrogens is 312 g/mol. The molecule has 2 atom stereocenters. The maximum atomic E-state index is 13.1. The summed E-state index contributed by atoms with van der Waals surface area (Å²) in [5.41, 5.74) is 4.77. The predicted octanol–water partition coefficient (Wildman–Crippen LogP) is 4.45. The number of carbonyl (C=O) groups is 1. The van der Waals surface area contributed by atoms with Gasteiger partial charge in [0.2, 0.25) is 0 Å². The Balaban J connectivity index is 2.16. The van der Waals surface area contributed by atoms with Crippen molar-refractivity contribution in [3.05, 3.63) is 70.8 Å². The molecule has 0 aliphatic heterocycles. The summed E-state index contributed by atoms with van der Waals surface area (Å²) in [5, 5.41) is 0. The van der Waals surface area contributed by atoms with Crippen LogP contribution in [0.25, 0.3) is 0 Å². The van der Waals surface area contributed by atoms with Gasteiger partial charge < -0.3 is 9.47 Å². The summed E-state index contributed by atoms with van der Waals surface area (Å²) in [6, 6.07) is 12.2. The van der Waals surface area contributed by atoms with Gasteiger partial charge in [-0.2, -0.15) is 0 Å². The van der Waals surface area contributed by atoms with Gasteiger partial charge in [-0.05, 0) is 37.1 Å². The van der Waals surface area contributed by atoms with Crippen molar-refractivity contribution in [3.8, 4) is 11.5 Å². The molecule has 0 amide bonds. The Hall–Kier alpha value is -2.55. The van der Waals surface area contributed by atoms with Crippen molar-refractivity contribution >= 4 is 5.78 Å². The van der Waals surface area contributed by atoms with Crippen LogP contribution >= 0.6 is 0 Å². The molecule has 0 aromatic heterocycles. The molecule has 2 aliphatic carbocycles. The first kappa shape index (κ1) is 15.9. The van der Waals surface area contributed by atoms with Crippen molar-refractivity contribution in [1.29, 1.82) is 0 Å². The smallest absolute Gasteiger partial charge is 0.141 e. The van der Waals surface area contributed by atoms with Crippen LogP contribution in [0.1, 0.15) is 47.9 Å².